The molecule has 0 spiro atoms. The van der Waals surface area contributed by atoms with E-state index < -0.39 is 4.92 Å². The van der Waals surface area contributed by atoms with Crippen molar-refractivity contribution in [3.8, 4) is 5.88 Å². The number of unbranched alkanes of at least 4 members (excludes halogenated alkanes) is 1. The number of hydrogen-bond donors (Lipinski definition) is 1. The third-order valence-electron chi connectivity index (χ3n) is 2.94. The Morgan fingerprint density at radius 3 is 2.55 bits per heavy atom. The van der Waals surface area contributed by atoms with Gasteiger partial charge in [0.05, 0.1) is 11.5 Å². The molecule has 0 aliphatic heterocycles. The first-order chi connectivity index (χ1) is 10.5. The fourth-order valence-corrected chi connectivity index (χ4v) is 1.91. The Labute approximate surface area is 131 Å². The Hall–Kier alpha value is -1.92. The first-order valence-electron chi connectivity index (χ1n) is 7.91. The smallest absolute Gasteiger partial charge is 0.372 e. The van der Waals surface area contributed by atoms with Gasteiger partial charge in [-0.25, -0.2) is 4.98 Å². The minimum atomic E-state index is -0.474. The molecule has 0 bridgehead atoms. The van der Waals surface area contributed by atoms with E-state index >= 15 is 0 Å². The number of hydrogen-bond acceptors (Lipinski definition) is 6. The molecule has 0 aromatic carbocycles. The van der Waals surface area contributed by atoms with Crippen molar-refractivity contribution in [1.29, 1.82) is 0 Å². The van der Waals surface area contributed by atoms with Crippen LogP contribution >= 0.6 is 0 Å². The van der Waals surface area contributed by atoms with Crippen molar-refractivity contribution in [2.45, 2.75) is 53.4 Å². The van der Waals surface area contributed by atoms with Gasteiger partial charge >= 0.3 is 5.69 Å². The van der Waals surface area contributed by atoms with Crippen LogP contribution < -0.4 is 10.1 Å². The minimum Gasteiger partial charge on any atom is -0.473 e. The Kier molecular flexibility index (Phi) is 7.56. The largest absolute Gasteiger partial charge is 0.473 e. The van der Waals surface area contributed by atoms with Gasteiger partial charge in [0.15, 0.2) is 0 Å². The van der Waals surface area contributed by atoms with E-state index in [2.05, 4.69) is 36.1 Å². The average Bonchev–Trinajstić information content (AvgIpc) is 2.44. The van der Waals surface area contributed by atoms with E-state index in [9.17, 15) is 10.1 Å². The SMILES string of the molecule is CCCCNc1nc(CC(C)C)nc(OCCC)c1[N+](=O)[O-]. The fraction of sp³-hybridized carbons (Fsp3) is 0.733. The molecule has 124 valence electrons. The highest BCUT2D eigenvalue weighted by molar-refractivity contribution is 5.61. The standard InChI is InChI=1S/C15H26N4O3/c1-5-7-8-16-14-13(19(20)21)15(22-9-6-2)18-12(17-14)10-11(3)4/h11H,5-10H2,1-4H3,(H,16,17,18). The summed E-state index contributed by atoms with van der Waals surface area (Å²) in [5, 5.41) is 14.4. The molecule has 0 atom stereocenters. The number of nitrogens with zero attached hydrogens (tertiary/aromatic N) is 3. The monoisotopic (exact) mass is 310 g/mol. The molecule has 0 saturated carbocycles. The first-order valence-corrected chi connectivity index (χ1v) is 7.91. The van der Waals surface area contributed by atoms with Crippen LogP contribution in [0.1, 0.15) is 52.8 Å². The van der Waals surface area contributed by atoms with Crippen molar-refractivity contribution in [2.24, 2.45) is 5.92 Å². The Bertz CT molecular complexity index is 492. The van der Waals surface area contributed by atoms with Gasteiger partial charge in [0.25, 0.3) is 5.88 Å². The van der Waals surface area contributed by atoms with Crippen LogP contribution in [0.5, 0.6) is 5.88 Å². The highest BCUT2D eigenvalue weighted by Crippen LogP contribution is 2.32. The third kappa shape index (κ3) is 5.46. The van der Waals surface area contributed by atoms with Gasteiger partial charge in [-0.15, -0.1) is 0 Å². The van der Waals surface area contributed by atoms with E-state index in [1.165, 1.54) is 0 Å². The van der Waals surface area contributed by atoms with Crippen molar-refractivity contribution in [3.63, 3.8) is 0 Å². The third-order valence-corrected chi connectivity index (χ3v) is 2.94. The predicted octanol–water partition coefficient (Wildman–Crippen LogP) is 3.58. The summed E-state index contributed by atoms with van der Waals surface area (Å²) in [5.41, 5.74) is -0.169. The van der Waals surface area contributed by atoms with Gasteiger partial charge in [0, 0.05) is 13.0 Å². The quantitative estimate of drug-likeness (QED) is 0.403. The summed E-state index contributed by atoms with van der Waals surface area (Å²) in [7, 11) is 0. The van der Waals surface area contributed by atoms with Crippen molar-refractivity contribution >= 4 is 11.5 Å². The van der Waals surface area contributed by atoms with Crippen LogP contribution in [0.25, 0.3) is 0 Å². The molecule has 0 radical (unpaired) electrons. The van der Waals surface area contributed by atoms with E-state index in [0.29, 0.717) is 31.3 Å². The Balaban J connectivity index is 3.18. The van der Waals surface area contributed by atoms with Crippen LogP contribution in [0.15, 0.2) is 0 Å². The molecule has 1 rings (SSSR count). The van der Waals surface area contributed by atoms with E-state index in [1.807, 2.05) is 6.92 Å². The number of ether oxygens (including phenoxy) is 1. The van der Waals surface area contributed by atoms with Crippen LogP contribution in [0.3, 0.4) is 0 Å². The molecule has 0 unspecified atom stereocenters. The predicted molar refractivity (Wildman–Crippen MR) is 86.4 cm³/mol. The summed E-state index contributed by atoms with van der Waals surface area (Å²) in [6.07, 6.45) is 3.35. The zero-order valence-corrected chi connectivity index (χ0v) is 13.9. The second-order valence-electron chi connectivity index (χ2n) is 5.63. The van der Waals surface area contributed by atoms with Crippen molar-refractivity contribution in [1.82, 2.24) is 9.97 Å². The van der Waals surface area contributed by atoms with Gasteiger partial charge in [0.2, 0.25) is 5.82 Å². The van der Waals surface area contributed by atoms with Crippen LogP contribution in [0, 0.1) is 16.0 Å². The molecule has 0 aliphatic rings. The number of anilines is 1. The molecule has 1 aromatic rings. The highest BCUT2D eigenvalue weighted by Gasteiger charge is 2.26. The lowest BCUT2D eigenvalue weighted by Gasteiger charge is -2.12. The zero-order chi connectivity index (χ0) is 16.5. The molecule has 7 nitrogen and oxygen atoms in total. The van der Waals surface area contributed by atoms with E-state index in [1.54, 1.807) is 0 Å². The fourth-order valence-electron chi connectivity index (χ4n) is 1.91. The van der Waals surface area contributed by atoms with E-state index in [0.717, 1.165) is 19.3 Å². The molecular formula is C15H26N4O3. The second kappa shape index (κ2) is 9.17. The number of nitrogens with one attached hydrogen (secondary N) is 1. The molecular weight excluding hydrogens is 284 g/mol. The second-order valence-corrected chi connectivity index (χ2v) is 5.63. The molecule has 0 fully saturated rings. The Morgan fingerprint density at radius 1 is 1.27 bits per heavy atom. The highest BCUT2D eigenvalue weighted by atomic mass is 16.6. The molecule has 0 aliphatic carbocycles. The summed E-state index contributed by atoms with van der Waals surface area (Å²) in [6, 6.07) is 0. The lowest BCUT2D eigenvalue weighted by Crippen LogP contribution is -2.13. The van der Waals surface area contributed by atoms with E-state index in [4.69, 9.17) is 4.74 Å². The van der Waals surface area contributed by atoms with Crippen LogP contribution in [0.4, 0.5) is 11.5 Å². The average molecular weight is 310 g/mol. The minimum absolute atomic E-state index is 0.0662. The topological polar surface area (TPSA) is 90.2 Å². The lowest BCUT2D eigenvalue weighted by atomic mass is 10.1. The summed E-state index contributed by atoms with van der Waals surface area (Å²) in [6.45, 7) is 9.16. The maximum atomic E-state index is 11.4. The molecule has 1 heterocycles. The summed E-state index contributed by atoms with van der Waals surface area (Å²) < 4.78 is 5.48. The normalized spacial score (nSPS) is 10.8. The van der Waals surface area contributed by atoms with Crippen molar-refractivity contribution in [2.75, 3.05) is 18.5 Å². The molecule has 22 heavy (non-hydrogen) atoms. The van der Waals surface area contributed by atoms with Gasteiger partial charge in [-0.05, 0) is 18.8 Å². The molecule has 1 aromatic heterocycles. The van der Waals surface area contributed by atoms with Crippen molar-refractivity contribution in [3.05, 3.63) is 15.9 Å². The van der Waals surface area contributed by atoms with Gasteiger partial charge in [-0.2, -0.15) is 4.98 Å². The van der Waals surface area contributed by atoms with E-state index in [-0.39, 0.29) is 17.4 Å². The van der Waals surface area contributed by atoms with Gasteiger partial charge in [-0.1, -0.05) is 34.1 Å². The van der Waals surface area contributed by atoms with Crippen LogP contribution in [-0.2, 0) is 6.42 Å². The molecule has 0 saturated heterocycles. The lowest BCUT2D eigenvalue weighted by molar-refractivity contribution is -0.385. The molecule has 0 amide bonds. The van der Waals surface area contributed by atoms with Crippen molar-refractivity contribution < 1.29 is 9.66 Å². The number of rotatable bonds is 10. The Morgan fingerprint density at radius 2 is 2.00 bits per heavy atom. The van der Waals surface area contributed by atoms with Crippen LogP contribution in [-0.4, -0.2) is 28.0 Å². The maximum Gasteiger partial charge on any atom is 0.372 e. The first kappa shape index (κ1) is 18.1. The van der Waals surface area contributed by atoms with Gasteiger partial charge < -0.3 is 10.1 Å². The van der Waals surface area contributed by atoms with Gasteiger partial charge in [0.1, 0.15) is 5.82 Å². The zero-order valence-electron chi connectivity index (χ0n) is 13.9. The number of aromatic nitrogens is 2. The van der Waals surface area contributed by atoms with Gasteiger partial charge in [-0.3, -0.25) is 10.1 Å². The summed E-state index contributed by atoms with van der Waals surface area (Å²) in [5.74, 6) is 1.27. The van der Waals surface area contributed by atoms with Crippen LogP contribution in [0.2, 0.25) is 0 Å². The molecule has 1 N–H and O–H groups in total. The summed E-state index contributed by atoms with van der Waals surface area (Å²) >= 11 is 0. The number of nitro groups is 1. The maximum absolute atomic E-state index is 11.4. The summed E-state index contributed by atoms with van der Waals surface area (Å²) in [4.78, 5) is 19.5. The molecule has 7 heteroatoms.